The van der Waals surface area contributed by atoms with Crippen LogP contribution in [-0.4, -0.2) is 31.5 Å². The quantitative estimate of drug-likeness (QED) is 0.840. The van der Waals surface area contributed by atoms with Gasteiger partial charge in [0.25, 0.3) is 0 Å². The molecule has 4 nitrogen and oxygen atoms in total. The Morgan fingerprint density at radius 3 is 2.45 bits per heavy atom. The van der Waals surface area contributed by atoms with E-state index in [2.05, 4.69) is 5.32 Å². The number of benzene rings is 1. The first-order chi connectivity index (χ1) is 9.67. The molecule has 1 aromatic rings. The van der Waals surface area contributed by atoms with Crippen molar-refractivity contribution in [3.8, 4) is 11.5 Å². The van der Waals surface area contributed by atoms with Crippen molar-refractivity contribution in [2.45, 2.75) is 44.2 Å². The van der Waals surface area contributed by atoms with E-state index in [1.807, 2.05) is 18.2 Å². The number of nitrogens with one attached hydrogen (secondary N) is 1. The van der Waals surface area contributed by atoms with Gasteiger partial charge < -0.3 is 19.9 Å². The highest BCUT2D eigenvalue weighted by molar-refractivity contribution is 5.42. The molecule has 0 radical (unpaired) electrons. The van der Waals surface area contributed by atoms with Crippen LogP contribution >= 0.6 is 0 Å². The molecule has 4 heteroatoms. The van der Waals surface area contributed by atoms with E-state index in [0.29, 0.717) is 6.54 Å². The van der Waals surface area contributed by atoms with E-state index in [1.54, 1.807) is 14.2 Å². The smallest absolute Gasteiger partial charge is 0.161 e. The topological polar surface area (TPSA) is 50.7 Å². The lowest BCUT2D eigenvalue weighted by atomic mass is 9.85. The number of hydrogen-bond donors (Lipinski definition) is 2. The van der Waals surface area contributed by atoms with E-state index in [-0.39, 0.29) is 0 Å². The van der Waals surface area contributed by atoms with E-state index in [4.69, 9.17) is 9.47 Å². The second-order valence-electron chi connectivity index (χ2n) is 5.58. The lowest BCUT2D eigenvalue weighted by Crippen LogP contribution is -2.41. The van der Waals surface area contributed by atoms with Crippen LogP contribution in [0.1, 0.15) is 37.7 Å². The van der Waals surface area contributed by atoms with Crippen molar-refractivity contribution < 1.29 is 14.6 Å². The minimum Gasteiger partial charge on any atom is -0.493 e. The molecule has 1 aromatic carbocycles. The van der Waals surface area contributed by atoms with Crippen LogP contribution in [-0.2, 0) is 6.54 Å². The maximum Gasteiger partial charge on any atom is 0.161 e. The van der Waals surface area contributed by atoms with Gasteiger partial charge in [0.15, 0.2) is 11.5 Å². The molecule has 2 rings (SSSR count). The van der Waals surface area contributed by atoms with Gasteiger partial charge in [-0.05, 0) is 30.5 Å². The summed E-state index contributed by atoms with van der Waals surface area (Å²) in [5.74, 6) is 1.48. The zero-order chi connectivity index (χ0) is 14.4. The predicted molar refractivity (Wildman–Crippen MR) is 79.3 cm³/mol. The first-order valence-corrected chi connectivity index (χ1v) is 7.31. The zero-order valence-corrected chi connectivity index (χ0v) is 12.4. The molecule has 0 saturated heterocycles. The largest absolute Gasteiger partial charge is 0.493 e. The Kier molecular flexibility index (Phi) is 5.26. The molecule has 20 heavy (non-hydrogen) atoms. The third-order valence-corrected chi connectivity index (χ3v) is 4.02. The summed E-state index contributed by atoms with van der Waals surface area (Å²) < 4.78 is 10.5. The molecular formula is C16H25NO3. The highest BCUT2D eigenvalue weighted by Gasteiger charge is 2.28. The van der Waals surface area contributed by atoms with Crippen LogP contribution in [0.3, 0.4) is 0 Å². The third kappa shape index (κ3) is 3.87. The van der Waals surface area contributed by atoms with Gasteiger partial charge in [-0.1, -0.05) is 25.3 Å². The molecule has 0 spiro atoms. The van der Waals surface area contributed by atoms with Gasteiger partial charge in [0.2, 0.25) is 0 Å². The fourth-order valence-electron chi connectivity index (χ4n) is 2.82. The highest BCUT2D eigenvalue weighted by atomic mass is 16.5. The van der Waals surface area contributed by atoms with Gasteiger partial charge in [0.1, 0.15) is 0 Å². The summed E-state index contributed by atoms with van der Waals surface area (Å²) in [5, 5.41) is 13.8. The summed E-state index contributed by atoms with van der Waals surface area (Å²) in [4.78, 5) is 0. The van der Waals surface area contributed by atoms with Crippen molar-refractivity contribution >= 4 is 0 Å². The fraction of sp³-hybridized carbons (Fsp3) is 0.625. The van der Waals surface area contributed by atoms with Crippen molar-refractivity contribution in [3.63, 3.8) is 0 Å². The minimum atomic E-state index is -0.519. The Bertz CT molecular complexity index is 428. The van der Waals surface area contributed by atoms with Crippen LogP contribution in [0.25, 0.3) is 0 Å². The third-order valence-electron chi connectivity index (χ3n) is 4.02. The van der Waals surface area contributed by atoms with Crippen molar-refractivity contribution in [1.82, 2.24) is 5.32 Å². The average molecular weight is 279 g/mol. The summed E-state index contributed by atoms with van der Waals surface area (Å²) in [6.07, 6.45) is 5.33. The summed E-state index contributed by atoms with van der Waals surface area (Å²) in [7, 11) is 3.27. The van der Waals surface area contributed by atoms with Crippen LogP contribution in [0.2, 0.25) is 0 Å². The Morgan fingerprint density at radius 1 is 1.10 bits per heavy atom. The van der Waals surface area contributed by atoms with Crippen LogP contribution in [0.15, 0.2) is 18.2 Å². The van der Waals surface area contributed by atoms with E-state index in [9.17, 15) is 5.11 Å². The highest BCUT2D eigenvalue weighted by Crippen LogP contribution is 2.29. The summed E-state index contributed by atoms with van der Waals surface area (Å²) in [5.41, 5.74) is 0.608. The second-order valence-corrected chi connectivity index (χ2v) is 5.58. The number of rotatable bonds is 6. The molecule has 0 aliphatic heterocycles. The molecule has 0 bridgehead atoms. The molecule has 0 heterocycles. The molecule has 0 amide bonds. The Labute approximate surface area is 121 Å². The average Bonchev–Trinajstić information content (AvgIpc) is 2.47. The van der Waals surface area contributed by atoms with Crippen LogP contribution in [0.5, 0.6) is 11.5 Å². The van der Waals surface area contributed by atoms with Gasteiger partial charge in [-0.25, -0.2) is 0 Å². The maximum atomic E-state index is 10.4. The van der Waals surface area contributed by atoms with E-state index in [1.165, 1.54) is 6.42 Å². The van der Waals surface area contributed by atoms with Crippen molar-refractivity contribution in [1.29, 1.82) is 0 Å². The van der Waals surface area contributed by atoms with E-state index >= 15 is 0 Å². The van der Waals surface area contributed by atoms with Crippen LogP contribution in [0.4, 0.5) is 0 Å². The first kappa shape index (κ1) is 15.1. The predicted octanol–water partition coefficient (Wildman–Crippen LogP) is 2.49. The maximum absolute atomic E-state index is 10.4. The van der Waals surface area contributed by atoms with Crippen LogP contribution in [0, 0.1) is 0 Å². The fourth-order valence-corrected chi connectivity index (χ4v) is 2.82. The van der Waals surface area contributed by atoms with E-state index < -0.39 is 5.60 Å². The zero-order valence-electron chi connectivity index (χ0n) is 12.4. The standard InChI is InChI=1S/C16H25NO3/c1-19-14-7-6-13(10-15(14)20-2)11-17-12-16(18)8-4-3-5-9-16/h6-7,10,17-18H,3-5,8-9,11-12H2,1-2H3. The van der Waals surface area contributed by atoms with Gasteiger partial charge in [-0.3, -0.25) is 0 Å². The SMILES string of the molecule is COc1ccc(CNCC2(O)CCCCC2)cc1OC. The first-order valence-electron chi connectivity index (χ1n) is 7.31. The van der Waals surface area contributed by atoms with Crippen LogP contribution < -0.4 is 14.8 Å². The lowest BCUT2D eigenvalue weighted by molar-refractivity contribution is 0.00467. The summed E-state index contributed by atoms with van der Waals surface area (Å²) in [6.45, 7) is 1.38. The lowest BCUT2D eigenvalue weighted by Gasteiger charge is -2.32. The molecule has 0 aromatic heterocycles. The van der Waals surface area contributed by atoms with Crippen molar-refractivity contribution in [2.75, 3.05) is 20.8 Å². The van der Waals surface area contributed by atoms with Gasteiger partial charge in [0.05, 0.1) is 19.8 Å². The second kappa shape index (κ2) is 6.95. The van der Waals surface area contributed by atoms with Gasteiger partial charge in [0, 0.05) is 13.1 Å². The normalized spacial score (nSPS) is 17.8. The number of hydrogen-bond acceptors (Lipinski definition) is 4. The van der Waals surface area contributed by atoms with Crippen molar-refractivity contribution in [2.24, 2.45) is 0 Å². The molecule has 1 aliphatic rings. The number of ether oxygens (including phenoxy) is 2. The minimum absolute atomic E-state index is 0.519. The molecule has 1 fully saturated rings. The summed E-state index contributed by atoms with van der Waals surface area (Å²) >= 11 is 0. The Balaban J connectivity index is 1.87. The number of methoxy groups -OCH3 is 2. The molecule has 1 aliphatic carbocycles. The molecule has 112 valence electrons. The molecule has 1 saturated carbocycles. The van der Waals surface area contributed by atoms with Gasteiger partial charge in [-0.15, -0.1) is 0 Å². The number of aliphatic hydroxyl groups is 1. The van der Waals surface area contributed by atoms with Crippen molar-refractivity contribution in [3.05, 3.63) is 23.8 Å². The Morgan fingerprint density at radius 2 is 1.80 bits per heavy atom. The van der Waals surface area contributed by atoms with E-state index in [0.717, 1.165) is 49.3 Å². The molecule has 0 atom stereocenters. The molecule has 0 unspecified atom stereocenters. The summed E-state index contributed by atoms with van der Waals surface area (Å²) in [6, 6.07) is 5.89. The van der Waals surface area contributed by atoms with Gasteiger partial charge >= 0.3 is 0 Å². The molecule has 2 N–H and O–H groups in total. The molecular weight excluding hydrogens is 254 g/mol. The Hall–Kier alpha value is -1.26. The monoisotopic (exact) mass is 279 g/mol. The van der Waals surface area contributed by atoms with Gasteiger partial charge in [-0.2, -0.15) is 0 Å².